The fourth-order valence-corrected chi connectivity index (χ4v) is 3.17. The maximum atomic E-state index is 3.58. The molecule has 1 nitrogen and oxygen atoms in total. The molecule has 0 aliphatic rings. The molecule has 0 amide bonds. The predicted octanol–water partition coefficient (Wildman–Crippen LogP) is 5.26. The highest BCUT2D eigenvalue weighted by atomic mass is 79.9. The lowest BCUT2D eigenvalue weighted by Crippen LogP contribution is -2.19. The molecular weight excluding hydrogens is 306 g/mol. The zero-order valence-electron chi connectivity index (χ0n) is 11.8. The average Bonchev–Trinajstić information content (AvgIpc) is 2.34. The van der Waals surface area contributed by atoms with Crippen LogP contribution in [0.15, 0.2) is 27.6 Å². The van der Waals surface area contributed by atoms with Crippen LogP contribution in [0.1, 0.15) is 45.7 Å². The van der Waals surface area contributed by atoms with Crippen molar-refractivity contribution in [1.29, 1.82) is 0 Å². The summed E-state index contributed by atoms with van der Waals surface area (Å²) in [7, 11) is 0. The minimum Gasteiger partial charge on any atom is -0.310 e. The third kappa shape index (κ3) is 5.33. The summed E-state index contributed by atoms with van der Waals surface area (Å²) >= 11 is 5.54. The number of rotatable bonds is 7. The molecule has 3 heteroatoms. The quantitative estimate of drug-likeness (QED) is 0.685. The summed E-state index contributed by atoms with van der Waals surface area (Å²) in [4.78, 5) is 1.41. The van der Waals surface area contributed by atoms with Gasteiger partial charge in [0.1, 0.15) is 0 Å². The van der Waals surface area contributed by atoms with Crippen molar-refractivity contribution in [3.63, 3.8) is 0 Å². The number of hydrogen-bond donors (Lipinski definition) is 1. The summed E-state index contributed by atoms with van der Waals surface area (Å²) in [5, 5.41) is 3.57. The number of hydrogen-bond acceptors (Lipinski definition) is 2. The number of benzene rings is 1. The Hall–Kier alpha value is 0.01000. The summed E-state index contributed by atoms with van der Waals surface area (Å²) in [5.41, 5.74) is 1.41. The molecule has 0 saturated carbocycles. The molecule has 1 rings (SSSR count). The van der Waals surface area contributed by atoms with Crippen molar-refractivity contribution in [2.45, 2.75) is 45.1 Å². The van der Waals surface area contributed by atoms with Crippen LogP contribution in [0.5, 0.6) is 0 Å². The lowest BCUT2D eigenvalue weighted by molar-refractivity contribution is 0.563. The van der Waals surface area contributed by atoms with E-state index in [0.29, 0.717) is 6.04 Å². The standard InChI is InChI=1S/C15H24BrNS/c1-5-8-17-12(4)14-9-13(16)6-7-15(14)18-10-11(2)3/h6-7,9,11-12,17H,5,8,10H2,1-4H3. The van der Waals surface area contributed by atoms with Crippen LogP contribution in [0.3, 0.4) is 0 Å². The van der Waals surface area contributed by atoms with Crippen LogP contribution < -0.4 is 5.32 Å². The van der Waals surface area contributed by atoms with Crippen LogP contribution in [0, 0.1) is 5.92 Å². The van der Waals surface area contributed by atoms with Gasteiger partial charge in [0.25, 0.3) is 0 Å². The second kappa shape index (κ2) is 8.23. The highest BCUT2D eigenvalue weighted by molar-refractivity contribution is 9.10. The molecule has 0 spiro atoms. The van der Waals surface area contributed by atoms with Crippen molar-refractivity contribution in [2.75, 3.05) is 12.3 Å². The summed E-state index contributed by atoms with van der Waals surface area (Å²) < 4.78 is 1.16. The second-order valence-corrected chi connectivity index (χ2v) is 7.04. The molecule has 0 heterocycles. The largest absolute Gasteiger partial charge is 0.310 e. The Bertz CT molecular complexity index is 366. The van der Waals surface area contributed by atoms with Crippen LogP contribution in [-0.2, 0) is 0 Å². The molecule has 0 bridgehead atoms. The summed E-state index contributed by atoms with van der Waals surface area (Å²) in [6.07, 6.45) is 1.17. The molecule has 0 fully saturated rings. The fraction of sp³-hybridized carbons (Fsp3) is 0.600. The third-order valence-electron chi connectivity index (χ3n) is 2.71. The molecule has 0 saturated heterocycles. The molecule has 1 atom stereocenters. The van der Waals surface area contributed by atoms with E-state index in [2.05, 4.69) is 67.1 Å². The van der Waals surface area contributed by atoms with Crippen molar-refractivity contribution in [3.8, 4) is 0 Å². The van der Waals surface area contributed by atoms with E-state index in [-0.39, 0.29) is 0 Å². The minimum atomic E-state index is 0.414. The average molecular weight is 330 g/mol. The third-order valence-corrected chi connectivity index (χ3v) is 4.72. The van der Waals surface area contributed by atoms with E-state index in [4.69, 9.17) is 0 Å². The highest BCUT2D eigenvalue weighted by Gasteiger charge is 2.11. The van der Waals surface area contributed by atoms with E-state index in [1.807, 2.05) is 11.8 Å². The maximum Gasteiger partial charge on any atom is 0.0303 e. The van der Waals surface area contributed by atoms with E-state index in [1.54, 1.807) is 0 Å². The van der Waals surface area contributed by atoms with E-state index in [9.17, 15) is 0 Å². The Morgan fingerprint density at radius 2 is 2.00 bits per heavy atom. The number of nitrogens with one attached hydrogen (secondary N) is 1. The topological polar surface area (TPSA) is 12.0 Å². The predicted molar refractivity (Wildman–Crippen MR) is 86.4 cm³/mol. The lowest BCUT2D eigenvalue weighted by atomic mass is 10.1. The monoisotopic (exact) mass is 329 g/mol. The Labute approximate surface area is 124 Å². The SMILES string of the molecule is CCCNC(C)c1cc(Br)ccc1SCC(C)C. The molecule has 1 aromatic carbocycles. The molecule has 102 valence electrons. The van der Waals surface area contributed by atoms with Gasteiger partial charge in [0, 0.05) is 21.2 Å². The first-order valence-electron chi connectivity index (χ1n) is 6.70. The maximum absolute atomic E-state index is 3.58. The minimum absolute atomic E-state index is 0.414. The van der Waals surface area contributed by atoms with Crippen molar-refractivity contribution >= 4 is 27.7 Å². The van der Waals surface area contributed by atoms with Crippen LogP contribution in [0.2, 0.25) is 0 Å². The van der Waals surface area contributed by atoms with Gasteiger partial charge in [-0.2, -0.15) is 0 Å². The summed E-state index contributed by atoms with van der Waals surface area (Å²) in [6.45, 7) is 10.1. The van der Waals surface area contributed by atoms with E-state index in [1.165, 1.54) is 22.6 Å². The molecule has 0 aliphatic heterocycles. The first kappa shape index (κ1) is 16.1. The van der Waals surface area contributed by atoms with Gasteiger partial charge in [-0.15, -0.1) is 11.8 Å². The molecule has 1 aromatic rings. The Kier molecular flexibility index (Phi) is 7.35. The highest BCUT2D eigenvalue weighted by Crippen LogP contribution is 2.31. The summed E-state index contributed by atoms with van der Waals surface area (Å²) in [6, 6.07) is 7.03. The van der Waals surface area contributed by atoms with Gasteiger partial charge >= 0.3 is 0 Å². The lowest BCUT2D eigenvalue weighted by Gasteiger charge is -2.18. The summed E-state index contributed by atoms with van der Waals surface area (Å²) in [5.74, 6) is 1.90. The zero-order valence-corrected chi connectivity index (χ0v) is 14.2. The zero-order chi connectivity index (χ0) is 13.5. The van der Waals surface area contributed by atoms with Crippen molar-refractivity contribution in [1.82, 2.24) is 5.32 Å². The Morgan fingerprint density at radius 3 is 2.61 bits per heavy atom. The van der Waals surface area contributed by atoms with E-state index >= 15 is 0 Å². The Morgan fingerprint density at radius 1 is 1.28 bits per heavy atom. The Balaban J connectivity index is 2.81. The number of thioether (sulfide) groups is 1. The molecule has 0 aliphatic carbocycles. The van der Waals surface area contributed by atoms with Gasteiger partial charge in [-0.3, -0.25) is 0 Å². The van der Waals surface area contributed by atoms with Gasteiger partial charge in [-0.05, 0) is 49.6 Å². The van der Waals surface area contributed by atoms with E-state index < -0.39 is 0 Å². The van der Waals surface area contributed by atoms with Gasteiger partial charge in [0.2, 0.25) is 0 Å². The fourth-order valence-electron chi connectivity index (χ4n) is 1.72. The van der Waals surface area contributed by atoms with Crippen LogP contribution >= 0.6 is 27.7 Å². The van der Waals surface area contributed by atoms with Crippen LogP contribution in [0.4, 0.5) is 0 Å². The molecule has 1 unspecified atom stereocenters. The van der Waals surface area contributed by atoms with Gasteiger partial charge in [0.05, 0.1) is 0 Å². The van der Waals surface area contributed by atoms with Crippen molar-refractivity contribution in [3.05, 3.63) is 28.2 Å². The van der Waals surface area contributed by atoms with Crippen LogP contribution in [-0.4, -0.2) is 12.3 Å². The molecular formula is C15H24BrNS. The molecule has 1 N–H and O–H groups in total. The first-order valence-corrected chi connectivity index (χ1v) is 8.48. The van der Waals surface area contributed by atoms with Gasteiger partial charge in [0.15, 0.2) is 0 Å². The van der Waals surface area contributed by atoms with Crippen molar-refractivity contribution in [2.24, 2.45) is 5.92 Å². The van der Waals surface area contributed by atoms with Gasteiger partial charge in [-0.1, -0.05) is 36.7 Å². The normalized spacial score (nSPS) is 13.0. The van der Waals surface area contributed by atoms with Gasteiger partial charge in [-0.25, -0.2) is 0 Å². The van der Waals surface area contributed by atoms with Crippen molar-refractivity contribution < 1.29 is 0 Å². The van der Waals surface area contributed by atoms with Crippen LogP contribution in [0.25, 0.3) is 0 Å². The van der Waals surface area contributed by atoms with E-state index in [0.717, 1.165) is 16.9 Å². The molecule has 0 aromatic heterocycles. The van der Waals surface area contributed by atoms with Gasteiger partial charge < -0.3 is 5.32 Å². The molecule has 18 heavy (non-hydrogen) atoms. The smallest absolute Gasteiger partial charge is 0.0303 e. The number of halogens is 1. The second-order valence-electron chi connectivity index (χ2n) is 5.06. The molecule has 0 radical (unpaired) electrons. The first-order chi connectivity index (χ1) is 8.54.